The molecule has 3 amide bonds. The molecule has 33 nitrogen and oxygen atoms in total. The quantitative estimate of drug-likeness (QED) is 0.0252. The van der Waals surface area contributed by atoms with Crippen LogP contribution in [0.5, 0.6) is 0 Å². The van der Waals surface area contributed by atoms with E-state index in [4.69, 9.17) is 71.1 Å². The SMILES string of the molecule is CC(COCCC(=O)NCCOCCOCCO[C@H]1OC(CO)[C@@H](O)C(O)[C@H]1O)(COCCC(=O)NCCOCCOCCO[C@H]1OC(CO)[C@@H](O)C(O)[C@H]1O)COCCC(=O)NCCOCCOCCO[C@H]1OC(CO)[C@@H](O)C(O)[C@H]1O. The highest BCUT2D eigenvalue weighted by Gasteiger charge is 2.46. The summed E-state index contributed by atoms with van der Waals surface area (Å²) in [5.74, 6) is -0.847. The summed E-state index contributed by atoms with van der Waals surface area (Å²) >= 11 is 0. The first kappa shape index (κ1) is 74.6. The topological polar surface area (TPSA) is 469 Å². The Morgan fingerprint density at radius 2 is 0.578 bits per heavy atom. The van der Waals surface area contributed by atoms with Gasteiger partial charge in [-0.1, -0.05) is 6.92 Å². The van der Waals surface area contributed by atoms with Crippen LogP contribution in [0, 0.1) is 5.41 Å². The van der Waals surface area contributed by atoms with Crippen molar-refractivity contribution in [2.45, 2.75) is 118 Å². The van der Waals surface area contributed by atoms with Gasteiger partial charge in [0.05, 0.1) is 159 Å². The molecule has 3 fully saturated rings. The first-order valence-electron chi connectivity index (χ1n) is 27.7. The van der Waals surface area contributed by atoms with E-state index in [-0.39, 0.29) is 195 Å². The largest absolute Gasteiger partial charge is 0.394 e. The molecule has 488 valence electrons. The molecule has 15 atom stereocenters. The summed E-state index contributed by atoms with van der Waals surface area (Å²) in [5, 5.41) is 125. The van der Waals surface area contributed by atoms with Crippen LogP contribution in [0.2, 0.25) is 0 Å². The fourth-order valence-electron chi connectivity index (χ4n) is 7.88. The second-order valence-corrected chi connectivity index (χ2v) is 19.6. The number of rotatable bonds is 48. The van der Waals surface area contributed by atoms with Crippen molar-refractivity contribution >= 4 is 17.7 Å². The van der Waals surface area contributed by atoms with Crippen molar-refractivity contribution in [2.24, 2.45) is 5.41 Å². The molecule has 15 N–H and O–H groups in total. The molecular formula is C50H93N3O30. The Kier molecular flexibility index (Phi) is 39.4. The minimum absolute atomic E-state index is 0.0108. The predicted octanol–water partition coefficient (Wildman–Crippen LogP) is -8.89. The molecule has 3 aliphatic rings. The third kappa shape index (κ3) is 29.7. The second kappa shape index (κ2) is 43.9. The monoisotopic (exact) mass is 1220 g/mol. The van der Waals surface area contributed by atoms with Gasteiger partial charge in [0.15, 0.2) is 18.9 Å². The lowest BCUT2D eigenvalue weighted by molar-refractivity contribution is -0.302. The Hall–Kier alpha value is -2.67. The van der Waals surface area contributed by atoms with Crippen LogP contribution >= 0.6 is 0 Å². The highest BCUT2D eigenvalue weighted by atomic mass is 16.7. The lowest BCUT2D eigenvalue weighted by atomic mass is 9.94. The van der Waals surface area contributed by atoms with Crippen molar-refractivity contribution in [3.8, 4) is 0 Å². The van der Waals surface area contributed by atoms with Gasteiger partial charge in [0.2, 0.25) is 17.7 Å². The van der Waals surface area contributed by atoms with Gasteiger partial charge in [0.25, 0.3) is 0 Å². The van der Waals surface area contributed by atoms with Crippen molar-refractivity contribution in [2.75, 3.05) is 178 Å². The van der Waals surface area contributed by atoms with Crippen LogP contribution in [-0.4, -0.2) is 349 Å². The highest BCUT2D eigenvalue weighted by molar-refractivity contribution is 5.76. The average molecular weight is 1220 g/mol. The fraction of sp³-hybridized carbons (Fsp3) is 0.940. The molecule has 3 aliphatic heterocycles. The van der Waals surface area contributed by atoms with Gasteiger partial charge >= 0.3 is 0 Å². The number of ether oxygens (including phenoxy) is 15. The van der Waals surface area contributed by atoms with Crippen LogP contribution in [0.25, 0.3) is 0 Å². The van der Waals surface area contributed by atoms with Crippen molar-refractivity contribution in [1.29, 1.82) is 0 Å². The summed E-state index contributed by atoms with van der Waals surface area (Å²) in [5.41, 5.74) is -0.755. The minimum Gasteiger partial charge on any atom is -0.394 e. The molecule has 0 bridgehead atoms. The van der Waals surface area contributed by atoms with E-state index in [0.29, 0.717) is 0 Å². The van der Waals surface area contributed by atoms with Crippen LogP contribution in [-0.2, 0) is 85.4 Å². The van der Waals surface area contributed by atoms with Gasteiger partial charge in [0, 0.05) is 44.3 Å². The van der Waals surface area contributed by atoms with E-state index in [2.05, 4.69) is 16.0 Å². The van der Waals surface area contributed by atoms with Crippen molar-refractivity contribution in [3.05, 3.63) is 0 Å². The molecule has 0 spiro atoms. The molecule has 33 heteroatoms. The number of hydrogen-bond acceptors (Lipinski definition) is 30. The molecule has 0 radical (unpaired) electrons. The number of amides is 3. The number of aliphatic hydroxyl groups is 12. The minimum atomic E-state index is -1.55. The first-order valence-corrected chi connectivity index (χ1v) is 27.7. The molecule has 0 aromatic heterocycles. The molecule has 6 unspecified atom stereocenters. The van der Waals surface area contributed by atoms with Crippen molar-refractivity contribution < 1.29 is 147 Å². The third-order valence-electron chi connectivity index (χ3n) is 12.7. The zero-order valence-electron chi connectivity index (χ0n) is 47.1. The summed E-state index contributed by atoms with van der Waals surface area (Å²) in [4.78, 5) is 37.5. The van der Waals surface area contributed by atoms with Crippen LogP contribution in [0.3, 0.4) is 0 Å². The summed E-state index contributed by atoms with van der Waals surface area (Å²) in [6.45, 7) is 3.37. The number of aliphatic hydroxyl groups excluding tert-OH is 12. The number of carbonyl (C=O) groups excluding carboxylic acids is 3. The Bertz CT molecular complexity index is 1500. The van der Waals surface area contributed by atoms with Crippen LogP contribution in [0.1, 0.15) is 26.2 Å². The Morgan fingerprint density at radius 1 is 0.337 bits per heavy atom. The van der Waals surface area contributed by atoms with E-state index >= 15 is 0 Å². The zero-order valence-corrected chi connectivity index (χ0v) is 47.1. The van der Waals surface area contributed by atoms with Crippen molar-refractivity contribution in [3.63, 3.8) is 0 Å². The van der Waals surface area contributed by atoms with Crippen LogP contribution in [0.4, 0.5) is 0 Å². The van der Waals surface area contributed by atoms with Gasteiger partial charge in [0.1, 0.15) is 73.2 Å². The van der Waals surface area contributed by atoms with Crippen LogP contribution < -0.4 is 16.0 Å². The molecule has 3 heterocycles. The average Bonchev–Trinajstić information content (AvgIpc) is 3.66. The lowest BCUT2D eigenvalue weighted by Crippen LogP contribution is -2.59. The number of nitrogens with one attached hydrogen (secondary N) is 3. The Balaban J connectivity index is 1.26. The van der Waals surface area contributed by atoms with Crippen molar-refractivity contribution in [1.82, 2.24) is 16.0 Å². The maximum Gasteiger partial charge on any atom is 0.222 e. The maximum atomic E-state index is 12.5. The normalized spacial score (nSPS) is 29.1. The van der Waals surface area contributed by atoms with Gasteiger partial charge in [-0.2, -0.15) is 0 Å². The molecule has 0 aliphatic carbocycles. The van der Waals surface area contributed by atoms with E-state index in [1.54, 1.807) is 0 Å². The number of carbonyl (C=O) groups is 3. The second-order valence-electron chi connectivity index (χ2n) is 19.6. The summed E-state index contributed by atoms with van der Waals surface area (Å²) < 4.78 is 82.2. The highest BCUT2D eigenvalue weighted by Crippen LogP contribution is 2.25. The summed E-state index contributed by atoms with van der Waals surface area (Å²) in [7, 11) is 0. The van der Waals surface area contributed by atoms with Gasteiger partial charge in [-0.25, -0.2) is 0 Å². The molecule has 3 rings (SSSR count). The summed E-state index contributed by atoms with van der Waals surface area (Å²) in [6.07, 6.45) is -20.5. The molecule has 0 aromatic carbocycles. The van der Waals surface area contributed by atoms with Gasteiger partial charge in [-0.15, -0.1) is 0 Å². The fourth-order valence-corrected chi connectivity index (χ4v) is 7.88. The van der Waals surface area contributed by atoms with Gasteiger partial charge in [-0.05, 0) is 0 Å². The maximum absolute atomic E-state index is 12.5. The molecule has 3 saturated heterocycles. The molecule has 0 saturated carbocycles. The standard InChI is InChI=1S/C50H93N3O30/c1-50(29-75-8-2-35(57)51-5-11-69-14-17-72-20-23-78-47-44(66)41(63)38(60)32(26-54)81-47,30-76-9-3-36(58)52-6-12-70-15-18-73-21-24-79-48-45(67)42(64)39(61)33(27-55)82-48)31-77-10-4-37(59)53-7-13-71-16-19-74-22-25-80-49-46(68)43(65)40(62)34(28-56)83-49/h32-34,38-49,54-56,60-68H,2-31H2,1H3,(H,51,57)(H,52,58)(H,53,59)/t32?,33?,34?,38-,39-,40-,41?,42?,43?,44-,45-,46-,47+,48+,49+,50?/m1/s1. The third-order valence-corrected chi connectivity index (χ3v) is 12.7. The van der Waals surface area contributed by atoms with E-state index in [1.807, 2.05) is 6.92 Å². The Labute approximate surface area is 481 Å². The van der Waals surface area contributed by atoms with Crippen LogP contribution in [0.15, 0.2) is 0 Å². The predicted molar refractivity (Wildman–Crippen MR) is 278 cm³/mol. The van der Waals surface area contributed by atoms with E-state index in [1.165, 1.54) is 0 Å². The molecule has 83 heavy (non-hydrogen) atoms. The van der Waals surface area contributed by atoms with Gasteiger partial charge in [-0.3, -0.25) is 14.4 Å². The van der Waals surface area contributed by atoms with Gasteiger partial charge < -0.3 is 148 Å². The molecular weight excluding hydrogens is 1120 g/mol. The smallest absolute Gasteiger partial charge is 0.222 e. The van der Waals surface area contributed by atoms with E-state index < -0.39 is 117 Å². The first-order chi connectivity index (χ1) is 40.0. The zero-order chi connectivity index (χ0) is 60.8. The lowest BCUT2D eigenvalue weighted by Gasteiger charge is -2.39. The van der Waals surface area contributed by atoms with E-state index in [9.17, 15) is 75.7 Å². The Morgan fingerprint density at radius 3 is 0.831 bits per heavy atom. The van der Waals surface area contributed by atoms with E-state index in [0.717, 1.165) is 0 Å². The molecule has 0 aromatic rings. The summed E-state index contributed by atoms with van der Waals surface area (Å²) in [6, 6.07) is 0. The number of hydrogen-bond donors (Lipinski definition) is 15.